The van der Waals surface area contributed by atoms with Crippen LogP contribution in [0.3, 0.4) is 0 Å². The third-order valence-electron chi connectivity index (χ3n) is 5.36. The highest BCUT2D eigenvalue weighted by atomic mass is 35.5. The fraction of sp³-hybridized carbons (Fsp3) is 0.632. The van der Waals surface area contributed by atoms with Gasteiger partial charge in [0.1, 0.15) is 6.04 Å². The molecule has 2 aliphatic heterocycles. The highest BCUT2D eigenvalue weighted by Gasteiger charge is 2.35. The number of carbonyl (C=O) groups is 1. The SMILES string of the molecule is CCN(CC)C(C(=O)N1CCC2CCC(C1)N2)c1ccccc1.Cl.Cl. The molecule has 4 nitrogen and oxygen atoms in total. The first-order valence-corrected chi connectivity index (χ1v) is 9.06. The number of amides is 1. The lowest BCUT2D eigenvalue weighted by atomic mass is 10.0. The number of likely N-dealkylation sites (N-methyl/N-ethyl adjacent to an activating group) is 1. The van der Waals surface area contributed by atoms with E-state index >= 15 is 0 Å². The standard InChI is InChI=1S/C19H29N3O.2ClH/c1-3-21(4-2)18(15-8-6-5-7-9-15)19(23)22-13-12-16-10-11-17(14-22)20-16;;/h5-9,16-18,20H,3-4,10-14H2,1-2H3;2*1H. The lowest BCUT2D eigenvalue weighted by molar-refractivity contribution is -0.137. The third-order valence-corrected chi connectivity index (χ3v) is 5.36. The molecule has 1 amide bonds. The minimum Gasteiger partial charge on any atom is -0.339 e. The van der Waals surface area contributed by atoms with Gasteiger partial charge in [0.05, 0.1) is 0 Å². The summed E-state index contributed by atoms with van der Waals surface area (Å²) in [5.41, 5.74) is 1.11. The fourth-order valence-corrected chi connectivity index (χ4v) is 4.05. The molecule has 0 radical (unpaired) electrons. The monoisotopic (exact) mass is 387 g/mol. The van der Waals surface area contributed by atoms with Crippen LogP contribution in [0, 0.1) is 0 Å². The Labute approximate surface area is 164 Å². The zero-order chi connectivity index (χ0) is 16.2. The number of benzene rings is 1. The number of fused-ring (bicyclic) bond motifs is 2. The van der Waals surface area contributed by atoms with E-state index in [-0.39, 0.29) is 36.8 Å². The van der Waals surface area contributed by atoms with Crippen LogP contribution < -0.4 is 5.32 Å². The summed E-state index contributed by atoms with van der Waals surface area (Å²) in [7, 11) is 0. The van der Waals surface area contributed by atoms with Gasteiger partial charge < -0.3 is 10.2 Å². The van der Waals surface area contributed by atoms with E-state index in [0.717, 1.165) is 38.2 Å². The van der Waals surface area contributed by atoms with E-state index in [1.165, 1.54) is 12.8 Å². The van der Waals surface area contributed by atoms with Crippen molar-refractivity contribution in [2.24, 2.45) is 0 Å². The topological polar surface area (TPSA) is 35.6 Å². The third kappa shape index (κ3) is 5.10. The minimum atomic E-state index is -0.150. The minimum absolute atomic E-state index is 0. The second-order valence-electron chi connectivity index (χ2n) is 6.75. The van der Waals surface area contributed by atoms with Gasteiger partial charge in [0.15, 0.2) is 0 Å². The molecule has 3 unspecified atom stereocenters. The van der Waals surface area contributed by atoms with Crippen LogP contribution in [0.15, 0.2) is 30.3 Å². The number of nitrogens with one attached hydrogen (secondary N) is 1. The highest BCUT2D eigenvalue weighted by molar-refractivity contribution is 5.85. The first-order chi connectivity index (χ1) is 11.2. The van der Waals surface area contributed by atoms with Crippen LogP contribution in [0.5, 0.6) is 0 Å². The average molecular weight is 388 g/mol. The van der Waals surface area contributed by atoms with Crippen LogP contribution in [0.25, 0.3) is 0 Å². The summed E-state index contributed by atoms with van der Waals surface area (Å²) in [4.78, 5) is 17.7. The molecule has 2 fully saturated rings. The van der Waals surface area contributed by atoms with Crippen LogP contribution in [0.4, 0.5) is 0 Å². The first-order valence-electron chi connectivity index (χ1n) is 9.06. The van der Waals surface area contributed by atoms with Gasteiger partial charge in [-0.15, -0.1) is 24.8 Å². The second kappa shape index (κ2) is 10.4. The summed E-state index contributed by atoms with van der Waals surface area (Å²) in [5, 5.41) is 3.67. The molecule has 0 aliphatic carbocycles. The van der Waals surface area contributed by atoms with Crippen molar-refractivity contribution in [3.8, 4) is 0 Å². The molecule has 25 heavy (non-hydrogen) atoms. The second-order valence-corrected chi connectivity index (χ2v) is 6.75. The van der Waals surface area contributed by atoms with Gasteiger partial charge >= 0.3 is 0 Å². The lowest BCUT2D eigenvalue weighted by Crippen LogP contribution is -2.46. The van der Waals surface area contributed by atoms with E-state index in [1.807, 2.05) is 18.2 Å². The van der Waals surface area contributed by atoms with Crippen molar-refractivity contribution < 1.29 is 4.79 Å². The van der Waals surface area contributed by atoms with E-state index in [4.69, 9.17) is 0 Å². The van der Waals surface area contributed by atoms with Gasteiger partial charge in [-0.05, 0) is 37.9 Å². The van der Waals surface area contributed by atoms with Gasteiger partial charge in [-0.25, -0.2) is 0 Å². The molecule has 0 saturated carbocycles. The Balaban J connectivity index is 0.00000156. The molecule has 3 rings (SSSR count). The number of rotatable bonds is 5. The Hall–Kier alpha value is -0.810. The molecule has 6 heteroatoms. The maximum absolute atomic E-state index is 13.3. The molecule has 2 aliphatic rings. The molecule has 1 aromatic carbocycles. The van der Waals surface area contributed by atoms with Gasteiger partial charge in [0.25, 0.3) is 0 Å². The Morgan fingerprint density at radius 1 is 1.12 bits per heavy atom. The van der Waals surface area contributed by atoms with Gasteiger partial charge in [-0.2, -0.15) is 0 Å². The van der Waals surface area contributed by atoms with E-state index in [1.54, 1.807) is 0 Å². The van der Waals surface area contributed by atoms with Crippen molar-refractivity contribution in [2.45, 2.75) is 51.2 Å². The molecule has 1 aromatic rings. The van der Waals surface area contributed by atoms with E-state index in [9.17, 15) is 4.79 Å². The molecule has 0 spiro atoms. The summed E-state index contributed by atoms with van der Waals surface area (Å²) in [6.07, 6.45) is 3.56. The van der Waals surface area contributed by atoms with Gasteiger partial charge in [-0.1, -0.05) is 44.2 Å². The molecule has 2 heterocycles. The average Bonchev–Trinajstić information content (AvgIpc) is 2.91. The van der Waals surface area contributed by atoms with E-state index < -0.39 is 0 Å². The van der Waals surface area contributed by atoms with Crippen molar-refractivity contribution in [3.63, 3.8) is 0 Å². The quantitative estimate of drug-likeness (QED) is 0.841. The summed E-state index contributed by atoms with van der Waals surface area (Å²) in [6.45, 7) is 7.80. The molecule has 142 valence electrons. The van der Waals surface area contributed by atoms with Crippen LogP contribution in [-0.2, 0) is 4.79 Å². The molecular formula is C19H31Cl2N3O. The smallest absolute Gasteiger partial charge is 0.244 e. The fourth-order valence-electron chi connectivity index (χ4n) is 4.05. The van der Waals surface area contributed by atoms with Crippen LogP contribution in [0.1, 0.15) is 44.7 Å². The largest absolute Gasteiger partial charge is 0.339 e. The van der Waals surface area contributed by atoms with Gasteiger partial charge in [-0.3, -0.25) is 9.69 Å². The number of hydrogen-bond donors (Lipinski definition) is 1. The van der Waals surface area contributed by atoms with E-state index in [0.29, 0.717) is 12.1 Å². The maximum Gasteiger partial charge on any atom is 0.244 e. The Kier molecular flexibility index (Phi) is 9.22. The number of likely N-dealkylation sites (tertiary alicyclic amines) is 1. The van der Waals surface area contributed by atoms with Crippen molar-refractivity contribution in [1.82, 2.24) is 15.1 Å². The molecule has 3 atom stereocenters. The number of nitrogens with zero attached hydrogens (tertiary/aromatic N) is 2. The lowest BCUT2D eigenvalue weighted by Gasteiger charge is -2.34. The summed E-state index contributed by atoms with van der Waals surface area (Å²) < 4.78 is 0. The molecule has 1 N–H and O–H groups in total. The predicted octanol–water partition coefficient (Wildman–Crippen LogP) is 3.27. The molecule has 2 saturated heterocycles. The van der Waals surface area contributed by atoms with Crippen LogP contribution in [0.2, 0.25) is 0 Å². The summed E-state index contributed by atoms with van der Waals surface area (Å²) >= 11 is 0. The molecular weight excluding hydrogens is 357 g/mol. The Bertz CT molecular complexity index is 525. The zero-order valence-electron chi connectivity index (χ0n) is 15.2. The van der Waals surface area contributed by atoms with Crippen LogP contribution >= 0.6 is 24.8 Å². The van der Waals surface area contributed by atoms with Gasteiger partial charge in [0, 0.05) is 25.2 Å². The van der Waals surface area contributed by atoms with Gasteiger partial charge in [0.2, 0.25) is 5.91 Å². The number of hydrogen-bond acceptors (Lipinski definition) is 3. The molecule has 0 aromatic heterocycles. The van der Waals surface area contributed by atoms with Crippen molar-refractivity contribution in [3.05, 3.63) is 35.9 Å². The van der Waals surface area contributed by atoms with E-state index in [2.05, 4.69) is 41.1 Å². The van der Waals surface area contributed by atoms with Crippen LogP contribution in [-0.4, -0.2) is 54.0 Å². The normalized spacial score (nSPS) is 23.4. The predicted molar refractivity (Wildman–Crippen MR) is 108 cm³/mol. The van der Waals surface area contributed by atoms with Crippen molar-refractivity contribution in [2.75, 3.05) is 26.2 Å². The summed E-state index contributed by atoms with van der Waals surface area (Å²) in [5.74, 6) is 0.272. The Morgan fingerprint density at radius 2 is 1.76 bits per heavy atom. The number of halogens is 2. The number of carbonyl (C=O) groups excluding carboxylic acids is 1. The summed E-state index contributed by atoms with van der Waals surface area (Å²) in [6, 6.07) is 11.2. The highest BCUT2D eigenvalue weighted by Crippen LogP contribution is 2.26. The zero-order valence-corrected chi connectivity index (χ0v) is 16.8. The maximum atomic E-state index is 13.3. The first kappa shape index (κ1) is 22.2. The van der Waals surface area contributed by atoms with Crippen molar-refractivity contribution >= 4 is 30.7 Å². The van der Waals surface area contributed by atoms with Crippen molar-refractivity contribution in [1.29, 1.82) is 0 Å². The Morgan fingerprint density at radius 3 is 2.40 bits per heavy atom. The molecule has 2 bridgehead atoms.